The summed E-state index contributed by atoms with van der Waals surface area (Å²) in [5, 5.41) is 0.224. The van der Waals surface area contributed by atoms with E-state index in [2.05, 4.69) is 28.9 Å². The van der Waals surface area contributed by atoms with Crippen LogP contribution < -0.4 is 9.64 Å². The fourth-order valence-electron chi connectivity index (χ4n) is 4.44. The lowest BCUT2D eigenvalue weighted by Crippen LogP contribution is -2.30. The van der Waals surface area contributed by atoms with Gasteiger partial charge in [-0.1, -0.05) is 18.9 Å². The Hall–Kier alpha value is -2.44. The van der Waals surface area contributed by atoms with E-state index in [1.165, 1.54) is 12.8 Å². The Kier molecular flexibility index (Phi) is 5.21. The number of pyridine rings is 1. The molecule has 0 amide bonds. The van der Waals surface area contributed by atoms with Crippen molar-refractivity contribution in [1.29, 1.82) is 0 Å². The zero-order chi connectivity index (χ0) is 20.7. The SMILES string of the molecule is COc1ccc(C)cc1N(c1nc(Cl)nc2ccc(C3CCO3)nc12)C1CCCC1. The summed E-state index contributed by atoms with van der Waals surface area (Å²) in [6.45, 7) is 2.87. The van der Waals surface area contributed by atoms with Gasteiger partial charge in [0.25, 0.3) is 0 Å². The fourth-order valence-corrected chi connectivity index (χ4v) is 4.61. The van der Waals surface area contributed by atoms with Crippen molar-refractivity contribution in [1.82, 2.24) is 15.0 Å². The first kappa shape index (κ1) is 19.5. The molecule has 0 bridgehead atoms. The highest BCUT2D eigenvalue weighted by atomic mass is 35.5. The molecule has 1 atom stereocenters. The monoisotopic (exact) mass is 424 g/mol. The molecule has 0 N–H and O–H groups in total. The Balaban J connectivity index is 1.73. The van der Waals surface area contributed by atoms with Crippen molar-refractivity contribution in [2.45, 2.75) is 51.2 Å². The average Bonchev–Trinajstić information content (AvgIpc) is 3.22. The third-order valence-corrected chi connectivity index (χ3v) is 6.23. The molecule has 156 valence electrons. The minimum Gasteiger partial charge on any atom is -0.495 e. The highest BCUT2D eigenvalue weighted by molar-refractivity contribution is 6.28. The molecule has 5 rings (SSSR count). The van der Waals surface area contributed by atoms with Crippen LogP contribution in [0.3, 0.4) is 0 Å². The molecule has 3 aromatic rings. The van der Waals surface area contributed by atoms with Crippen LogP contribution in [0.5, 0.6) is 5.75 Å². The minimum absolute atomic E-state index is 0.0476. The maximum absolute atomic E-state index is 6.38. The first-order chi connectivity index (χ1) is 14.6. The molecule has 3 heterocycles. The van der Waals surface area contributed by atoms with E-state index in [1.54, 1.807) is 7.11 Å². The molecule has 2 aliphatic rings. The van der Waals surface area contributed by atoms with Gasteiger partial charge in [-0.2, -0.15) is 4.98 Å². The van der Waals surface area contributed by atoms with Gasteiger partial charge in [0, 0.05) is 12.5 Å². The topological polar surface area (TPSA) is 60.4 Å². The van der Waals surface area contributed by atoms with E-state index in [0.29, 0.717) is 6.04 Å². The van der Waals surface area contributed by atoms with Gasteiger partial charge >= 0.3 is 0 Å². The summed E-state index contributed by atoms with van der Waals surface area (Å²) < 4.78 is 11.4. The highest BCUT2D eigenvalue weighted by Crippen LogP contribution is 2.42. The van der Waals surface area contributed by atoms with Crippen LogP contribution in [0.4, 0.5) is 11.5 Å². The summed E-state index contributed by atoms with van der Waals surface area (Å²) in [4.78, 5) is 16.3. The maximum atomic E-state index is 6.38. The number of hydrogen-bond acceptors (Lipinski definition) is 6. The number of nitrogens with zero attached hydrogens (tertiary/aromatic N) is 4. The number of anilines is 2. The van der Waals surface area contributed by atoms with Crippen LogP contribution in [0.15, 0.2) is 30.3 Å². The van der Waals surface area contributed by atoms with Crippen LogP contribution in [0.25, 0.3) is 11.0 Å². The highest BCUT2D eigenvalue weighted by Gasteiger charge is 2.31. The summed E-state index contributed by atoms with van der Waals surface area (Å²) in [5.41, 5.74) is 4.57. The zero-order valence-corrected chi connectivity index (χ0v) is 18.0. The van der Waals surface area contributed by atoms with Gasteiger partial charge in [-0.05, 0) is 61.2 Å². The number of halogens is 1. The predicted octanol–water partition coefficient (Wildman–Crippen LogP) is 5.54. The molecule has 0 radical (unpaired) electrons. The van der Waals surface area contributed by atoms with Crippen LogP contribution in [-0.4, -0.2) is 34.7 Å². The molecule has 1 aliphatic carbocycles. The van der Waals surface area contributed by atoms with E-state index in [-0.39, 0.29) is 11.4 Å². The van der Waals surface area contributed by atoms with Gasteiger partial charge in [0.1, 0.15) is 17.4 Å². The molecule has 7 heteroatoms. The van der Waals surface area contributed by atoms with Crippen LogP contribution in [0.2, 0.25) is 5.28 Å². The van der Waals surface area contributed by atoms with Gasteiger partial charge in [-0.3, -0.25) is 0 Å². The van der Waals surface area contributed by atoms with Crippen molar-refractivity contribution < 1.29 is 9.47 Å². The Morgan fingerprint density at radius 3 is 2.57 bits per heavy atom. The smallest absolute Gasteiger partial charge is 0.225 e. The van der Waals surface area contributed by atoms with Crippen molar-refractivity contribution >= 4 is 34.1 Å². The summed E-state index contributed by atoms with van der Waals surface area (Å²) in [6, 6.07) is 10.5. The number of ether oxygens (including phenoxy) is 2. The molecule has 1 saturated heterocycles. The van der Waals surface area contributed by atoms with Gasteiger partial charge in [-0.15, -0.1) is 0 Å². The Morgan fingerprint density at radius 1 is 1.07 bits per heavy atom. The number of fused-ring (bicyclic) bond motifs is 1. The van der Waals surface area contributed by atoms with Crippen molar-refractivity contribution in [3.8, 4) is 5.75 Å². The third-order valence-electron chi connectivity index (χ3n) is 6.06. The van der Waals surface area contributed by atoms with E-state index in [1.807, 2.05) is 18.2 Å². The predicted molar refractivity (Wildman–Crippen MR) is 118 cm³/mol. The maximum Gasteiger partial charge on any atom is 0.225 e. The Labute approximate surface area is 181 Å². The first-order valence-corrected chi connectivity index (χ1v) is 10.9. The summed E-state index contributed by atoms with van der Waals surface area (Å²) >= 11 is 6.38. The van der Waals surface area contributed by atoms with Crippen LogP contribution in [-0.2, 0) is 4.74 Å². The van der Waals surface area contributed by atoms with Gasteiger partial charge in [0.15, 0.2) is 5.82 Å². The second-order valence-corrected chi connectivity index (χ2v) is 8.39. The standard InChI is InChI=1S/C23H25ClN4O2/c1-14-7-10-20(29-2)18(13-14)28(15-5-3-4-6-15)22-21-17(26-23(24)27-22)9-8-16(25-21)19-11-12-30-19/h7-10,13,15,19H,3-6,11-12H2,1-2H3. The quantitative estimate of drug-likeness (QED) is 0.501. The van der Waals surface area contributed by atoms with Crippen molar-refractivity contribution in [3.63, 3.8) is 0 Å². The number of methoxy groups -OCH3 is 1. The summed E-state index contributed by atoms with van der Waals surface area (Å²) in [7, 11) is 1.70. The lowest BCUT2D eigenvalue weighted by Gasteiger charge is -2.32. The van der Waals surface area contributed by atoms with E-state index in [0.717, 1.165) is 65.4 Å². The number of aromatic nitrogens is 3. The molecule has 1 saturated carbocycles. The fraction of sp³-hybridized carbons (Fsp3) is 0.435. The van der Waals surface area contributed by atoms with E-state index in [4.69, 9.17) is 31.0 Å². The zero-order valence-electron chi connectivity index (χ0n) is 17.3. The Bertz CT molecular complexity index is 1080. The number of aryl methyl sites for hydroxylation is 1. The molecule has 30 heavy (non-hydrogen) atoms. The molecule has 1 unspecified atom stereocenters. The lowest BCUT2D eigenvalue weighted by atomic mass is 10.1. The van der Waals surface area contributed by atoms with Gasteiger partial charge < -0.3 is 14.4 Å². The Morgan fingerprint density at radius 2 is 1.87 bits per heavy atom. The van der Waals surface area contributed by atoms with Gasteiger partial charge in [0.05, 0.1) is 30.6 Å². The lowest BCUT2D eigenvalue weighted by molar-refractivity contribution is -0.0550. The average molecular weight is 425 g/mol. The minimum atomic E-state index is 0.0476. The molecular weight excluding hydrogens is 400 g/mol. The number of hydrogen-bond donors (Lipinski definition) is 0. The van der Waals surface area contributed by atoms with E-state index >= 15 is 0 Å². The molecule has 1 aliphatic heterocycles. The van der Waals surface area contributed by atoms with Crippen LogP contribution >= 0.6 is 11.6 Å². The van der Waals surface area contributed by atoms with Crippen LogP contribution in [0, 0.1) is 6.92 Å². The summed E-state index contributed by atoms with van der Waals surface area (Å²) in [6.07, 6.45) is 5.60. The molecule has 0 spiro atoms. The van der Waals surface area contributed by atoms with E-state index in [9.17, 15) is 0 Å². The van der Waals surface area contributed by atoms with Gasteiger partial charge in [-0.25, -0.2) is 9.97 Å². The molecule has 1 aromatic carbocycles. The summed E-state index contributed by atoms with van der Waals surface area (Å²) in [5.74, 6) is 1.55. The van der Waals surface area contributed by atoms with Crippen molar-refractivity contribution in [2.75, 3.05) is 18.6 Å². The van der Waals surface area contributed by atoms with Crippen molar-refractivity contribution in [2.24, 2.45) is 0 Å². The number of rotatable bonds is 5. The van der Waals surface area contributed by atoms with Gasteiger partial charge in [0.2, 0.25) is 5.28 Å². The molecular formula is C23H25ClN4O2. The van der Waals surface area contributed by atoms with E-state index < -0.39 is 0 Å². The number of benzene rings is 1. The molecule has 6 nitrogen and oxygen atoms in total. The van der Waals surface area contributed by atoms with Crippen molar-refractivity contribution in [3.05, 3.63) is 46.9 Å². The molecule has 2 aromatic heterocycles. The normalized spacial score (nSPS) is 19.1. The third kappa shape index (κ3) is 3.48. The first-order valence-electron chi connectivity index (χ1n) is 10.5. The largest absolute Gasteiger partial charge is 0.495 e. The second kappa shape index (κ2) is 8.00. The molecule has 2 fully saturated rings. The van der Waals surface area contributed by atoms with Crippen LogP contribution in [0.1, 0.15) is 49.5 Å². The second-order valence-electron chi connectivity index (χ2n) is 8.05.